The van der Waals surface area contributed by atoms with Gasteiger partial charge in [-0.05, 0) is 19.8 Å². The summed E-state index contributed by atoms with van der Waals surface area (Å²) in [6.45, 7) is 6.23. The molecule has 232 valence electrons. The lowest BCUT2D eigenvalue weighted by molar-refractivity contribution is -0.137. The summed E-state index contributed by atoms with van der Waals surface area (Å²) in [4.78, 5) is 24.7. The molecule has 5 heteroatoms. The van der Waals surface area contributed by atoms with Crippen molar-refractivity contribution in [3.63, 3.8) is 0 Å². The molecule has 0 aliphatic rings. The van der Waals surface area contributed by atoms with E-state index in [1.165, 1.54) is 122 Å². The highest BCUT2D eigenvalue weighted by molar-refractivity contribution is 5.76. The van der Waals surface area contributed by atoms with Crippen molar-refractivity contribution in [2.24, 2.45) is 0 Å². The fourth-order valence-electron chi connectivity index (χ4n) is 5.17. The molecule has 1 heterocycles. The minimum Gasteiger partial charge on any atom is -0.462 e. The quantitative estimate of drug-likeness (QED) is 0.0750. The molecule has 0 unspecified atom stereocenters. The molecule has 0 aliphatic carbocycles. The highest BCUT2D eigenvalue weighted by atomic mass is 16.6. The summed E-state index contributed by atoms with van der Waals surface area (Å²) < 4.78 is 16.4. The Kier molecular flexibility index (Phi) is 23.7. The lowest BCUT2D eigenvalue weighted by Gasteiger charge is -2.07. The van der Waals surface area contributed by atoms with Crippen LogP contribution in [0.5, 0.6) is 11.5 Å². The average molecular weight is 563 g/mol. The van der Waals surface area contributed by atoms with Gasteiger partial charge in [0.1, 0.15) is 12.0 Å². The van der Waals surface area contributed by atoms with E-state index in [0.717, 1.165) is 38.5 Å². The first-order valence-electron chi connectivity index (χ1n) is 17.1. The molecule has 0 atom stereocenters. The first-order valence-corrected chi connectivity index (χ1v) is 17.1. The van der Waals surface area contributed by atoms with Crippen LogP contribution in [-0.2, 0) is 9.59 Å². The molecule has 0 saturated carbocycles. The van der Waals surface area contributed by atoms with E-state index in [1.807, 2.05) is 0 Å². The summed E-state index contributed by atoms with van der Waals surface area (Å²) in [5, 5.41) is 0. The zero-order chi connectivity index (χ0) is 29.1. The number of unbranched alkanes of at least 4 members (excludes halogenated alkanes) is 22. The second kappa shape index (κ2) is 26.1. The maximum atomic E-state index is 12.4. The van der Waals surface area contributed by atoms with Gasteiger partial charge in [0.05, 0.1) is 0 Å². The Hall–Kier alpha value is -1.78. The first kappa shape index (κ1) is 36.2. The van der Waals surface area contributed by atoms with Crippen LogP contribution < -0.4 is 9.47 Å². The maximum Gasteiger partial charge on any atom is 0.311 e. The molecule has 1 aromatic rings. The molecule has 0 fully saturated rings. The molecule has 0 aliphatic heterocycles. The summed E-state index contributed by atoms with van der Waals surface area (Å²) >= 11 is 0. The molecule has 0 aromatic carbocycles. The van der Waals surface area contributed by atoms with Crippen LogP contribution in [0.15, 0.2) is 10.7 Å². The minimum atomic E-state index is -0.300. The molecular weight excluding hydrogens is 500 g/mol. The number of hydrogen-bond acceptors (Lipinski definition) is 5. The molecule has 5 nitrogen and oxygen atoms in total. The van der Waals surface area contributed by atoms with Crippen molar-refractivity contribution in [1.82, 2.24) is 0 Å². The molecular formula is C35H62O5. The Labute approximate surface area is 246 Å². The third kappa shape index (κ3) is 20.2. The van der Waals surface area contributed by atoms with Crippen molar-refractivity contribution in [2.45, 2.75) is 188 Å². The minimum absolute atomic E-state index is 0.212. The lowest BCUT2D eigenvalue weighted by Crippen LogP contribution is -2.11. The molecule has 0 bridgehead atoms. The Morgan fingerprint density at radius 2 is 0.850 bits per heavy atom. The van der Waals surface area contributed by atoms with Gasteiger partial charge >= 0.3 is 11.9 Å². The fraction of sp³-hybridized carbons (Fsp3) is 0.829. The number of rotatable bonds is 28. The zero-order valence-corrected chi connectivity index (χ0v) is 26.5. The standard InChI is InChI=1S/C35H62O5/c1-4-6-8-10-12-14-16-18-20-22-24-26-28-33(36)39-32-30-38-31(3)35(32)40-34(37)29-27-25-23-21-19-17-15-13-11-9-7-5-2/h30H,4-29H2,1-3H3. The second-order valence-electron chi connectivity index (χ2n) is 11.7. The van der Waals surface area contributed by atoms with Crippen LogP contribution in [0.25, 0.3) is 0 Å². The summed E-state index contributed by atoms with van der Waals surface area (Å²) in [6.07, 6.45) is 32.2. The van der Waals surface area contributed by atoms with E-state index in [2.05, 4.69) is 13.8 Å². The van der Waals surface area contributed by atoms with Crippen LogP contribution in [0.4, 0.5) is 0 Å². The van der Waals surface area contributed by atoms with Gasteiger partial charge in [0, 0.05) is 12.8 Å². The number of ether oxygens (including phenoxy) is 2. The Bertz CT molecular complexity index is 738. The van der Waals surface area contributed by atoms with Crippen LogP contribution in [0, 0.1) is 6.92 Å². The van der Waals surface area contributed by atoms with Gasteiger partial charge in [0.2, 0.25) is 11.5 Å². The normalized spacial score (nSPS) is 11.2. The Balaban J connectivity index is 2.08. The van der Waals surface area contributed by atoms with Crippen molar-refractivity contribution < 1.29 is 23.5 Å². The van der Waals surface area contributed by atoms with Crippen molar-refractivity contribution in [1.29, 1.82) is 0 Å². The van der Waals surface area contributed by atoms with E-state index < -0.39 is 0 Å². The van der Waals surface area contributed by atoms with Crippen LogP contribution in [0.3, 0.4) is 0 Å². The summed E-state index contributed by atoms with van der Waals surface area (Å²) in [5.41, 5.74) is 0. The second-order valence-corrected chi connectivity index (χ2v) is 11.7. The number of carbonyl (C=O) groups is 2. The van der Waals surface area contributed by atoms with E-state index in [-0.39, 0.29) is 23.4 Å². The van der Waals surface area contributed by atoms with Crippen LogP contribution in [0.2, 0.25) is 0 Å². The van der Waals surface area contributed by atoms with Crippen molar-refractivity contribution in [3.8, 4) is 11.5 Å². The van der Waals surface area contributed by atoms with Gasteiger partial charge in [-0.15, -0.1) is 0 Å². The molecule has 0 N–H and O–H groups in total. The maximum absolute atomic E-state index is 12.4. The fourth-order valence-corrected chi connectivity index (χ4v) is 5.17. The lowest BCUT2D eigenvalue weighted by atomic mass is 10.0. The van der Waals surface area contributed by atoms with Crippen LogP contribution in [-0.4, -0.2) is 11.9 Å². The predicted octanol–water partition coefficient (Wildman–Crippen LogP) is 11.6. The molecule has 0 spiro atoms. The van der Waals surface area contributed by atoms with E-state index in [4.69, 9.17) is 13.9 Å². The summed E-state index contributed by atoms with van der Waals surface area (Å²) in [6, 6.07) is 0. The van der Waals surface area contributed by atoms with E-state index in [1.54, 1.807) is 6.92 Å². The Morgan fingerprint density at radius 3 is 1.23 bits per heavy atom. The number of furan rings is 1. The number of esters is 2. The molecule has 0 amide bonds. The van der Waals surface area contributed by atoms with Crippen LogP contribution in [0.1, 0.15) is 187 Å². The van der Waals surface area contributed by atoms with E-state index in [9.17, 15) is 9.59 Å². The highest BCUT2D eigenvalue weighted by Gasteiger charge is 2.19. The van der Waals surface area contributed by atoms with Gasteiger partial charge in [0.15, 0.2) is 0 Å². The smallest absolute Gasteiger partial charge is 0.311 e. The molecule has 0 radical (unpaired) electrons. The van der Waals surface area contributed by atoms with Gasteiger partial charge < -0.3 is 13.9 Å². The van der Waals surface area contributed by atoms with Gasteiger partial charge in [-0.3, -0.25) is 9.59 Å². The zero-order valence-electron chi connectivity index (χ0n) is 26.5. The van der Waals surface area contributed by atoms with Crippen molar-refractivity contribution >= 4 is 11.9 Å². The molecule has 1 aromatic heterocycles. The molecule has 1 rings (SSSR count). The van der Waals surface area contributed by atoms with Gasteiger partial charge in [-0.2, -0.15) is 0 Å². The predicted molar refractivity (Wildman–Crippen MR) is 166 cm³/mol. The monoisotopic (exact) mass is 562 g/mol. The number of aryl methyl sites for hydroxylation is 1. The number of carbonyl (C=O) groups excluding carboxylic acids is 2. The third-order valence-corrected chi connectivity index (χ3v) is 7.79. The van der Waals surface area contributed by atoms with Crippen LogP contribution >= 0.6 is 0 Å². The van der Waals surface area contributed by atoms with Gasteiger partial charge in [0.25, 0.3) is 0 Å². The summed E-state index contributed by atoms with van der Waals surface area (Å²) in [5.74, 6) is 0.314. The van der Waals surface area contributed by atoms with Crippen molar-refractivity contribution in [2.75, 3.05) is 0 Å². The largest absolute Gasteiger partial charge is 0.462 e. The van der Waals surface area contributed by atoms with Gasteiger partial charge in [-0.25, -0.2) is 0 Å². The highest BCUT2D eigenvalue weighted by Crippen LogP contribution is 2.34. The summed E-state index contributed by atoms with van der Waals surface area (Å²) in [7, 11) is 0. The van der Waals surface area contributed by atoms with Crippen molar-refractivity contribution in [3.05, 3.63) is 12.0 Å². The average Bonchev–Trinajstić information content (AvgIpc) is 3.27. The SMILES string of the molecule is CCCCCCCCCCCCCCC(=O)Oc1coc(C)c1OC(=O)CCCCCCCCCCCCCC. The van der Waals surface area contributed by atoms with Gasteiger partial charge in [-0.1, -0.05) is 155 Å². The van der Waals surface area contributed by atoms with E-state index in [0.29, 0.717) is 18.6 Å². The molecule has 40 heavy (non-hydrogen) atoms. The topological polar surface area (TPSA) is 65.7 Å². The third-order valence-electron chi connectivity index (χ3n) is 7.79. The van der Waals surface area contributed by atoms with E-state index >= 15 is 0 Å². The molecule has 0 saturated heterocycles. The Morgan fingerprint density at radius 1 is 0.525 bits per heavy atom. The first-order chi connectivity index (χ1) is 19.6. The number of hydrogen-bond donors (Lipinski definition) is 0.